The lowest BCUT2D eigenvalue weighted by Gasteiger charge is -2.29. The van der Waals surface area contributed by atoms with Crippen LogP contribution in [0, 0.1) is 27.9 Å². The van der Waals surface area contributed by atoms with E-state index in [-0.39, 0.29) is 12.8 Å². The molecule has 2 bridgehead atoms. The van der Waals surface area contributed by atoms with Crippen LogP contribution < -0.4 is 0 Å². The molecule has 3 rings (SSSR count). The molecule has 140 valence electrons. The van der Waals surface area contributed by atoms with Gasteiger partial charge in [0.25, 0.3) is 0 Å². The quantitative estimate of drug-likeness (QED) is 0.238. The zero-order valence-electron chi connectivity index (χ0n) is 12.0. The zero-order chi connectivity index (χ0) is 18.9. The van der Waals surface area contributed by atoms with Crippen molar-refractivity contribution in [3.05, 3.63) is 10.1 Å². The Morgan fingerprint density at radius 3 is 2.36 bits per heavy atom. The van der Waals surface area contributed by atoms with Crippen LogP contribution in [0.4, 0.5) is 26.3 Å². The average Bonchev–Trinajstić information content (AvgIpc) is 3.11. The Morgan fingerprint density at radius 2 is 1.80 bits per heavy atom. The molecule has 0 N–H and O–H groups in total. The second kappa shape index (κ2) is 4.97. The van der Waals surface area contributed by atoms with Crippen LogP contribution in [0.1, 0.15) is 12.8 Å². The van der Waals surface area contributed by atoms with E-state index in [0.29, 0.717) is 0 Å². The Kier molecular flexibility index (Phi) is 3.53. The molecule has 2 aliphatic carbocycles. The van der Waals surface area contributed by atoms with Gasteiger partial charge in [-0.1, -0.05) is 0 Å². The van der Waals surface area contributed by atoms with Crippen molar-refractivity contribution in [1.82, 2.24) is 0 Å². The van der Waals surface area contributed by atoms with E-state index in [1.807, 2.05) is 0 Å². The summed E-state index contributed by atoms with van der Waals surface area (Å²) in [5, 5.41) is 9.96. The van der Waals surface area contributed by atoms with Gasteiger partial charge in [0.1, 0.15) is 17.1 Å². The second-order valence-corrected chi connectivity index (χ2v) is 6.22. The first-order valence-electron chi connectivity index (χ1n) is 7.02. The van der Waals surface area contributed by atoms with Crippen LogP contribution in [-0.4, -0.2) is 47.0 Å². The molecule has 0 aromatic heterocycles. The minimum Gasteiger partial charge on any atom is -0.458 e. The van der Waals surface area contributed by atoms with Gasteiger partial charge in [-0.05, 0) is 12.8 Å². The van der Waals surface area contributed by atoms with Gasteiger partial charge in [-0.25, -0.2) is 4.79 Å². The van der Waals surface area contributed by atoms with Gasteiger partial charge in [-0.2, -0.15) is 17.6 Å². The minimum atomic E-state index is -6.62. The standard InChI is InChI=1S/C12H9F6NO6/c13-10(14,11(15,16)12(17,18)19(22)23)9(21)25-6-3-1-4-5(2-3)8(20)24-7(4)6/h3-7H,1-2H2. The third-order valence-corrected chi connectivity index (χ3v) is 4.91. The van der Waals surface area contributed by atoms with E-state index in [9.17, 15) is 46.0 Å². The monoisotopic (exact) mass is 377 g/mol. The minimum absolute atomic E-state index is 0.130. The van der Waals surface area contributed by atoms with Gasteiger partial charge in [-0.3, -0.25) is 14.9 Å². The molecule has 1 saturated heterocycles. The highest BCUT2D eigenvalue weighted by Gasteiger charge is 2.84. The maximum atomic E-state index is 13.5. The van der Waals surface area contributed by atoms with Gasteiger partial charge in [0, 0.05) is 11.8 Å². The van der Waals surface area contributed by atoms with Crippen molar-refractivity contribution < 1.29 is 50.3 Å². The lowest BCUT2D eigenvalue weighted by molar-refractivity contribution is -0.682. The number of halogens is 6. The summed E-state index contributed by atoms with van der Waals surface area (Å²) in [5.74, 6) is -18.0. The van der Waals surface area contributed by atoms with Crippen LogP contribution in [0.25, 0.3) is 0 Å². The van der Waals surface area contributed by atoms with Crippen molar-refractivity contribution in [2.24, 2.45) is 17.8 Å². The summed E-state index contributed by atoms with van der Waals surface area (Å²) < 4.78 is 88.4. The van der Waals surface area contributed by atoms with Crippen molar-refractivity contribution in [2.75, 3.05) is 0 Å². The Bertz CT molecular complexity index is 654. The first-order valence-corrected chi connectivity index (χ1v) is 7.02. The fraction of sp³-hybridized carbons (Fsp3) is 0.833. The maximum Gasteiger partial charge on any atom is 0.583 e. The van der Waals surface area contributed by atoms with Gasteiger partial charge in [-0.15, -0.1) is 8.78 Å². The van der Waals surface area contributed by atoms with Crippen molar-refractivity contribution in [3.8, 4) is 0 Å². The summed E-state index contributed by atoms with van der Waals surface area (Å²) in [4.78, 5) is 30.0. The van der Waals surface area contributed by atoms with E-state index in [1.165, 1.54) is 0 Å². The summed E-state index contributed by atoms with van der Waals surface area (Å²) in [6.45, 7) is 0. The largest absolute Gasteiger partial charge is 0.583 e. The molecule has 5 atom stereocenters. The average molecular weight is 377 g/mol. The number of fused-ring (bicyclic) bond motifs is 1. The first-order chi connectivity index (χ1) is 11.3. The number of hydrogen-bond acceptors (Lipinski definition) is 6. The SMILES string of the molecule is O=C1OC2C3CC(CC13)C2OC(=O)C(F)(F)C(F)(F)C(F)(F)[N+](=O)[O-]. The smallest absolute Gasteiger partial charge is 0.458 e. The van der Waals surface area contributed by atoms with E-state index < -0.39 is 64.7 Å². The van der Waals surface area contributed by atoms with Crippen molar-refractivity contribution >= 4 is 11.9 Å². The highest BCUT2D eigenvalue weighted by Crippen LogP contribution is 2.56. The molecular weight excluding hydrogens is 368 g/mol. The van der Waals surface area contributed by atoms with Gasteiger partial charge < -0.3 is 9.47 Å². The summed E-state index contributed by atoms with van der Waals surface area (Å²) in [6.07, 6.45) is -2.19. The molecule has 0 spiro atoms. The Balaban J connectivity index is 1.79. The lowest BCUT2D eigenvalue weighted by Crippen LogP contribution is -2.62. The molecule has 1 heterocycles. The molecule has 0 aromatic rings. The lowest BCUT2D eigenvalue weighted by atomic mass is 9.88. The van der Waals surface area contributed by atoms with E-state index in [1.54, 1.807) is 0 Å². The molecule has 3 aliphatic rings. The maximum absolute atomic E-state index is 13.5. The third-order valence-electron chi connectivity index (χ3n) is 4.91. The Hall–Kier alpha value is -2.08. The summed E-state index contributed by atoms with van der Waals surface area (Å²) in [5.41, 5.74) is 0. The van der Waals surface area contributed by atoms with Gasteiger partial charge in [0.15, 0.2) is 0 Å². The highest BCUT2D eigenvalue weighted by atomic mass is 19.3. The molecule has 7 nitrogen and oxygen atoms in total. The number of carbonyl (C=O) groups is 2. The molecule has 3 fully saturated rings. The molecule has 0 amide bonds. The fourth-order valence-electron chi connectivity index (χ4n) is 3.69. The predicted molar refractivity (Wildman–Crippen MR) is 61.3 cm³/mol. The Morgan fingerprint density at radius 1 is 1.20 bits per heavy atom. The number of alkyl halides is 6. The van der Waals surface area contributed by atoms with Gasteiger partial charge >= 0.3 is 29.8 Å². The zero-order valence-corrected chi connectivity index (χ0v) is 12.0. The van der Waals surface area contributed by atoms with Crippen LogP contribution in [0.2, 0.25) is 0 Å². The number of esters is 2. The van der Waals surface area contributed by atoms with E-state index in [4.69, 9.17) is 4.74 Å². The van der Waals surface area contributed by atoms with Crippen molar-refractivity contribution in [2.45, 2.75) is 42.9 Å². The van der Waals surface area contributed by atoms with Crippen LogP contribution in [0.3, 0.4) is 0 Å². The Labute approximate surface area is 134 Å². The van der Waals surface area contributed by atoms with E-state index in [0.717, 1.165) is 0 Å². The summed E-state index contributed by atoms with van der Waals surface area (Å²) in [6, 6.07) is -6.39. The first kappa shape index (κ1) is 17.7. The number of nitrogens with zero attached hydrogens (tertiary/aromatic N) is 1. The van der Waals surface area contributed by atoms with Crippen LogP contribution in [0.5, 0.6) is 0 Å². The number of carbonyl (C=O) groups excluding carboxylic acids is 2. The molecule has 0 radical (unpaired) electrons. The molecule has 0 aromatic carbocycles. The number of hydrogen-bond donors (Lipinski definition) is 0. The molecule has 25 heavy (non-hydrogen) atoms. The summed E-state index contributed by atoms with van der Waals surface area (Å²) >= 11 is 0. The number of ether oxygens (including phenoxy) is 2. The fourth-order valence-corrected chi connectivity index (χ4v) is 3.69. The summed E-state index contributed by atoms with van der Waals surface area (Å²) in [7, 11) is 0. The van der Waals surface area contributed by atoms with E-state index >= 15 is 0 Å². The van der Waals surface area contributed by atoms with E-state index in [2.05, 4.69) is 4.74 Å². The van der Waals surface area contributed by atoms with Crippen LogP contribution in [-0.2, 0) is 19.1 Å². The number of nitro groups is 1. The van der Waals surface area contributed by atoms with Crippen molar-refractivity contribution in [3.63, 3.8) is 0 Å². The van der Waals surface area contributed by atoms with Crippen LogP contribution in [0.15, 0.2) is 0 Å². The molecule has 2 saturated carbocycles. The normalized spacial score (nSPS) is 34.2. The predicted octanol–water partition coefficient (Wildman–Crippen LogP) is 1.62. The van der Waals surface area contributed by atoms with Gasteiger partial charge in [0.05, 0.1) is 5.92 Å². The molecule has 13 heteroatoms. The topological polar surface area (TPSA) is 95.7 Å². The number of rotatable bonds is 5. The third kappa shape index (κ3) is 2.13. The van der Waals surface area contributed by atoms with Crippen molar-refractivity contribution in [1.29, 1.82) is 0 Å². The van der Waals surface area contributed by atoms with Crippen LogP contribution >= 0.6 is 0 Å². The molecule has 5 unspecified atom stereocenters. The highest BCUT2D eigenvalue weighted by molar-refractivity contribution is 5.80. The second-order valence-electron chi connectivity index (χ2n) is 6.22. The molecule has 1 aliphatic heterocycles. The molecular formula is C12H9F6NO6. The van der Waals surface area contributed by atoms with Gasteiger partial charge in [0.2, 0.25) is 0 Å².